The molecule has 0 fully saturated rings. The summed E-state index contributed by atoms with van der Waals surface area (Å²) >= 11 is 0. The highest BCUT2D eigenvalue weighted by Crippen LogP contribution is 2.13. The molecule has 0 spiro atoms. The molecule has 1 aromatic heterocycles. The number of hydrogen-bond acceptors (Lipinski definition) is 2. The number of rotatable bonds is 3. The molecule has 0 amide bonds. The normalized spacial score (nSPS) is 10.7. The second kappa shape index (κ2) is 4.77. The number of carbonyl (C=O) groups excluding carboxylic acids is 1. The maximum absolute atomic E-state index is 12.3. The topological polar surface area (TPSA) is 34.9 Å². The van der Waals surface area contributed by atoms with Crippen molar-refractivity contribution in [3.05, 3.63) is 52.3 Å². The Morgan fingerprint density at radius 2 is 1.89 bits per heavy atom. The first-order valence-corrected chi connectivity index (χ1v) is 6.09. The molecule has 2 rings (SSSR count). The molecule has 0 aliphatic rings. The Kier molecular flexibility index (Phi) is 3.32. The molecular weight excluding hydrogens is 224 g/mol. The summed E-state index contributed by atoms with van der Waals surface area (Å²) in [6.45, 7) is 8.18. The van der Waals surface area contributed by atoms with E-state index in [9.17, 15) is 4.79 Å². The van der Waals surface area contributed by atoms with Gasteiger partial charge in [-0.25, -0.2) is 0 Å². The summed E-state index contributed by atoms with van der Waals surface area (Å²) in [5, 5.41) is 4.32. The van der Waals surface area contributed by atoms with Crippen molar-refractivity contribution < 1.29 is 4.79 Å². The zero-order chi connectivity index (χ0) is 13.3. The van der Waals surface area contributed by atoms with Crippen LogP contribution in [-0.4, -0.2) is 15.6 Å². The van der Waals surface area contributed by atoms with Gasteiger partial charge in [-0.1, -0.05) is 17.7 Å². The fourth-order valence-corrected chi connectivity index (χ4v) is 2.09. The highest BCUT2D eigenvalue weighted by atomic mass is 16.1. The fraction of sp³-hybridized carbons (Fsp3) is 0.333. The SMILES string of the molecule is Cc1ccc(C)c(C(=O)Cn2nc(C)cc2C)c1. The van der Waals surface area contributed by atoms with E-state index in [1.54, 1.807) is 4.68 Å². The first-order valence-electron chi connectivity index (χ1n) is 6.09. The molecule has 1 heterocycles. The molecule has 94 valence electrons. The van der Waals surface area contributed by atoms with E-state index in [0.717, 1.165) is 28.1 Å². The van der Waals surface area contributed by atoms with E-state index >= 15 is 0 Å². The summed E-state index contributed by atoms with van der Waals surface area (Å²) in [4.78, 5) is 12.3. The number of hydrogen-bond donors (Lipinski definition) is 0. The van der Waals surface area contributed by atoms with Crippen molar-refractivity contribution in [2.45, 2.75) is 34.2 Å². The molecule has 3 heteroatoms. The van der Waals surface area contributed by atoms with E-state index in [0.29, 0.717) is 6.54 Å². The number of benzene rings is 1. The minimum Gasteiger partial charge on any atom is -0.292 e. The predicted molar refractivity (Wildman–Crippen MR) is 71.9 cm³/mol. The molecule has 0 saturated heterocycles. The molecule has 0 aliphatic carbocycles. The fourth-order valence-electron chi connectivity index (χ4n) is 2.09. The Hall–Kier alpha value is -1.90. The summed E-state index contributed by atoms with van der Waals surface area (Å²) in [6.07, 6.45) is 0. The number of aryl methyl sites for hydroxylation is 4. The van der Waals surface area contributed by atoms with Crippen molar-refractivity contribution in [1.82, 2.24) is 9.78 Å². The largest absolute Gasteiger partial charge is 0.292 e. The number of carbonyl (C=O) groups is 1. The van der Waals surface area contributed by atoms with E-state index < -0.39 is 0 Å². The number of aromatic nitrogens is 2. The molecule has 0 atom stereocenters. The molecule has 1 aromatic carbocycles. The van der Waals surface area contributed by atoms with Crippen LogP contribution in [-0.2, 0) is 6.54 Å². The van der Waals surface area contributed by atoms with Crippen LogP contribution in [0.2, 0.25) is 0 Å². The third-order valence-corrected chi connectivity index (χ3v) is 3.09. The van der Waals surface area contributed by atoms with Gasteiger partial charge in [0.15, 0.2) is 5.78 Å². The maximum atomic E-state index is 12.3. The number of ketones is 1. The van der Waals surface area contributed by atoms with Crippen molar-refractivity contribution in [2.24, 2.45) is 0 Å². The second-order valence-electron chi connectivity index (χ2n) is 4.83. The van der Waals surface area contributed by atoms with Gasteiger partial charge >= 0.3 is 0 Å². The van der Waals surface area contributed by atoms with Gasteiger partial charge in [-0.05, 0) is 45.4 Å². The highest BCUT2D eigenvalue weighted by Gasteiger charge is 2.12. The number of nitrogens with zero attached hydrogens (tertiary/aromatic N) is 2. The maximum Gasteiger partial charge on any atom is 0.184 e. The van der Waals surface area contributed by atoms with Crippen molar-refractivity contribution in [3.8, 4) is 0 Å². The Morgan fingerprint density at radius 1 is 1.17 bits per heavy atom. The molecule has 0 saturated carbocycles. The smallest absolute Gasteiger partial charge is 0.184 e. The van der Waals surface area contributed by atoms with Crippen LogP contribution >= 0.6 is 0 Å². The summed E-state index contributed by atoms with van der Waals surface area (Å²) in [5.41, 5.74) is 4.89. The van der Waals surface area contributed by atoms with Gasteiger partial charge < -0.3 is 0 Å². The van der Waals surface area contributed by atoms with E-state index in [2.05, 4.69) is 5.10 Å². The lowest BCUT2D eigenvalue weighted by atomic mass is 10.0. The minimum atomic E-state index is 0.113. The van der Waals surface area contributed by atoms with Crippen LogP contribution in [0.25, 0.3) is 0 Å². The average molecular weight is 242 g/mol. The van der Waals surface area contributed by atoms with Crippen LogP contribution in [0, 0.1) is 27.7 Å². The van der Waals surface area contributed by atoms with Crippen molar-refractivity contribution in [1.29, 1.82) is 0 Å². The van der Waals surface area contributed by atoms with Gasteiger partial charge in [-0.2, -0.15) is 5.10 Å². The van der Waals surface area contributed by atoms with Crippen LogP contribution in [0.15, 0.2) is 24.3 Å². The monoisotopic (exact) mass is 242 g/mol. The molecule has 2 aromatic rings. The average Bonchev–Trinajstić information content (AvgIpc) is 2.61. The Morgan fingerprint density at radius 3 is 2.50 bits per heavy atom. The van der Waals surface area contributed by atoms with Crippen LogP contribution in [0.1, 0.15) is 32.9 Å². The quantitative estimate of drug-likeness (QED) is 0.775. The lowest BCUT2D eigenvalue weighted by Crippen LogP contribution is -2.14. The molecule has 0 radical (unpaired) electrons. The highest BCUT2D eigenvalue weighted by molar-refractivity contribution is 5.97. The summed E-state index contributed by atoms with van der Waals surface area (Å²) in [5.74, 6) is 0.113. The van der Waals surface area contributed by atoms with E-state index in [1.165, 1.54) is 0 Å². The van der Waals surface area contributed by atoms with Crippen molar-refractivity contribution >= 4 is 5.78 Å². The third-order valence-electron chi connectivity index (χ3n) is 3.09. The van der Waals surface area contributed by atoms with Crippen LogP contribution in [0.3, 0.4) is 0 Å². The molecule has 0 aliphatic heterocycles. The van der Waals surface area contributed by atoms with Crippen LogP contribution in [0.4, 0.5) is 0 Å². The summed E-state index contributed by atoms with van der Waals surface area (Å²) in [6, 6.07) is 7.94. The Bertz CT molecular complexity index is 597. The number of Topliss-reactive ketones (excluding diaryl/α,β-unsaturated/α-hetero) is 1. The van der Waals surface area contributed by atoms with E-state index in [-0.39, 0.29) is 5.78 Å². The summed E-state index contributed by atoms with van der Waals surface area (Å²) in [7, 11) is 0. The lowest BCUT2D eigenvalue weighted by molar-refractivity contribution is 0.0966. The lowest BCUT2D eigenvalue weighted by Gasteiger charge is -2.07. The Balaban J connectivity index is 2.27. The predicted octanol–water partition coefficient (Wildman–Crippen LogP) is 3.00. The van der Waals surface area contributed by atoms with Gasteiger partial charge in [0.05, 0.1) is 5.69 Å². The zero-order valence-corrected chi connectivity index (χ0v) is 11.3. The zero-order valence-electron chi connectivity index (χ0n) is 11.3. The van der Waals surface area contributed by atoms with E-state index in [4.69, 9.17) is 0 Å². The molecule has 3 nitrogen and oxygen atoms in total. The van der Waals surface area contributed by atoms with E-state index in [1.807, 2.05) is 52.0 Å². The van der Waals surface area contributed by atoms with Crippen molar-refractivity contribution in [3.63, 3.8) is 0 Å². The van der Waals surface area contributed by atoms with Crippen LogP contribution < -0.4 is 0 Å². The standard InChI is InChI=1S/C15H18N2O/c1-10-5-6-11(2)14(7-10)15(18)9-17-13(4)8-12(3)16-17/h5-8H,9H2,1-4H3. The molecule has 18 heavy (non-hydrogen) atoms. The third kappa shape index (κ3) is 2.50. The first kappa shape index (κ1) is 12.6. The first-order chi connectivity index (χ1) is 8.47. The molecule has 0 bridgehead atoms. The minimum absolute atomic E-state index is 0.113. The molecule has 0 unspecified atom stereocenters. The molecular formula is C15H18N2O. The van der Waals surface area contributed by atoms with Gasteiger partial charge in [0.1, 0.15) is 6.54 Å². The van der Waals surface area contributed by atoms with Gasteiger partial charge in [-0.15, -0.1) is 0 Å². The Labute approximate surface area is 107 Å². The van der Waals surface area contributed by atoms with Crippen molar-refractivity contribution in [2.75, 3.05) is 0 Å². The second-order valence-corrected chi connectivity index (χ2v) is 4.83. The van der Waals surface area contributed by atoms with Gasteiger partial charge in [0.25, 0.3) is 0 Å². The van der Waals surface area contributed by atoms with Gasteiger partial charge in [0, 0.05) is 11.3 Å². The van der Waals surface area contributed by atoms with Gasteiger partial charge in [0.2, 0.25) is 0 Å². The summed E-state index contributed by atoms with van der Waals surface area (Å²) < 4.78 is 1.76. The van der Waals surface area contributed by atoms with Crippen LogP contribution in [0.5, 0.6) is 0 Å². The van der Waals surface area contributed by atoms with Gasteiger partial charge in [-0.3, -0.25) is 9.48 Å². The molecule has 0 N–H and O–H groups in total.